The average molecular weight is 304 g/mol. The zero-order chi connectivity index (χ0) is 12.4. The molecule has 0 aliphatic rings. The molecule has 2 aromatic heterocycles. The van der Waals surface area contributed by atoms with Gasteiger partial charge in [0.1, 0.15) is 18.6 Å². The van der Waals surface area contributed by atoms with Crippen LogP contribution < -0.4 is 0 Å². The molecule has 0 unspecified atom stereocenters. The fourth-order valence-electron chi connectivity index (χ4n) is 1.20. The molecule has 0 spiro atoms. The molecule has 0 saturated carbocycles. The smallest absolute Gasteiger partial charge is 0.141 e. The van der Waals surface area contributed by atoms with E-state index in [4.69, 9.17) is 13.0 Å². The summed E-state index contributed by atoms with van der Waals surface area (Å²) in [5, 5.41) is 0.225. The van der Waals surface area contributed by atoms with Gasteiger partial charge in [-0.3, -0.25) is 0 Å². The maximum atomic E-state index is 13.0. The number of halogens is 3. The van der Waals surface area contributed by atoms with Gasteiger partial charge >= 0.3 is 0 Å². The average Bonchev–Trinajstić information content (AvgIpc) is 2.28. The van der Waals surface area contributed by atoms with Crippen LogP contribution in [-0.2, 0) is 6.42 Å². The van der Waals surface area contributed by atoms with Crippen molar-refractivity contribution in [2.45, 2.75) is 6.42 Å². The number of rotatable bonds is 2. The van der Waals surface area contributed by atoms with Crippen LogP contribution in [0.1, 0.15) is 12.6 Å². The molecule has 0 radical (unpaired) electrons. The van der Waals surface area contributed by atoms with Crippen LogP contribution in [0.4, 0.5) is 4.39 Å². The second-order valence-electron chi connectivity index (χ2n) is 3.04. The third-order valence-corrected chi connectivity index (χ3v) is 2.94. The van der Waals surface area contributed by atoms with E-state index in [1.54, 1.807) is 0 Å². The van der Waals surface area contributed by atoms with Crippen molar-refractivity contribution in [2.75, 3.05) is 0 Å². The molecular formula is C10H6BrClFN3. The molecule has 0 atom stereocenters. The van der Waals surface area contributed by atoms with E-state index in [1.165, 1.54) is 12.3 Å². The molecule has 2 aromatic rings. The van der Waals surface area contributed by atoms with E-state index in [2.05, 4.69) is 30.9 Å². The molecule has 2 heterocycles. The standard InChI is InChI=1S/C10H6BrClFN3/c11-8-4-14-5-16-9(8)2-6-1-7(13)3-15-10(6)12/h1,3-5H,2H2/i5D. The molecule has 0 aliphatic heterocycles. The Bertz CT molecular complexity index is 518. The quantitative estimate of drug-likeness (QED) is 0.801. The van der Waals surface area contributed by atoms with Gasteiger partial charge in [0.15, 0.2) is 0 Å². The van der Waals surface area contributed by atoms with Crippen molar-refractivity contribution in [1.82, 2.24) is 15.0 Å². The van der Waals surface area contributed by atoms with Gasteiger partial charge in [-0.2, -0.15) is 0 Å². The van der Waals surface area contributed by atoms with Gasteiger partial charge in [-0.05, 0) is 27.6 Å². The summed E-state index contributed by atoms with van der Waals surface area (Å²) in [6.07, 6.45) is 2.73. The summed E-state index contributed by atoms with van der Waals surface area (Å²) in [6, 6.07) is 1.30. The Balaban J connectivity index is 2.37. The molecule has 0 aromatic carbocycles. The molecular weight excluding hydrogens is 296 g/mol. The Labute approximate surface area is 106 Å². The molecule has 2 rings (SSSR count). The zero-order valence-electron chi connectivity index (χ0n) is 8.91. The Morgan fingerprint density at radius 2 is 2.25 bits per heavy atom. The monoisotopic (exact) mass is 302 g/mol. The third-order valence-electron chi connectivity index (χ3n) is 1.93. The van der Waals surface area contributed by atoms with E-state index in [1.807, 2.05) is 0 Å². The normalized spacial score (nSPS) is 11.3. The maximum Gasteiger partial charge on any atom is 0.141 e. The van der Waals surface area contributed by atoms with Gasteiger partial charge < -0.3 is 0 Å². The Morgan fingerprint density at radius 1 is 1.44 bits per heavy atom. The lowest BCUT2D eigenvalue weighted by molar-refractivity contribution is 0.619. The van der Waals surface area contributed by atoms with Crippen LogP contribution >= 0.6 is 27.5 Å². The van der Waals surface area contributed by atoms with E-state index in [9.17, 15) is 4.39 Å². The van der Waals surface area contributed by atoms with Gasteiger partial charge in [0.25, 0.3) is 0 Å². The molecule has 82 valence electrons. The topological polar surface area (TPSA) is 38.7 Å². The molecule has 0 amide bonds. The van der Waals surface area contributed by atoms with Crippen LogP contribution in [0.5, 0.6) is 0 Å². The van der Waals surface area contributed by atoms with E-state index < -0.39 is 5.82 Å². The minimum Gasteiger partial charge on any atom is -0.244 e. The number of aromatic nitrogens is 3. The summed E-state index contributed by atoms with van der Waals surface area (Å²) in [4.78, 5) is 11.4. The summed E-state index contributed by atoms with van der Waals surface area (Å²) in [7, 11) is 0. The molecule has 0 fully saturated rings. The summed E-state index contributed by atoms with van der Waals surface area (Å²) >= 11 is 9.12. The summed E-state index contributed by atoms with van der Waals surface area (Å²) < 4.78 is 21.0. The van der Waals surface area contributed by atoms with Crippen LogP contribution in [0.15, 0.2) is 29.2 Å². The van der Waals surface area contributed by atoms with Crippen LogP contribution in [0, 0.1) is 5.82 Å². The first-order chi connectivity index (χ1) is 8.06. The van der Waals surface area contributed by atoms with Crippen molar-refractivity contribution < 1.29 is 5.76 Å². The van der Waals surface area contributed by atoms with Crippen molar-refractivity contribution in [3.63, 3.8) is 0 Å². The number of nitrogens with zero attached hydrogens (tertiary/aromatic N) is 3. The Kier molecular flexibility index (Phi) is 3.06. The molecule has 0 bridgehead atoms. The zero-order valence-corrected chi connectivity index (χ0v) is 10.3. The molecule has 6 heteroatoms. The van der Waals surface area contributed by atoms with Crippen LogP contribution in [-0.4, -0.2) is 15.0 Å². The number of pyridine rings is 1. The first-order valence-electron chi connectivity index (χ1n) is 4.84. The van der Waals surface area contributed by atoms with Crippen molar-refractivity contribution in [3.8, 4) is 0 Å². The highest BCUT2D eigenvalue weighted by Gasteiger charge is 2.08. The third kappa shape index (κ3) is 2.54. The van der Waals surface area contributed by atoms with E-state index in [0.717, 1.165) is 6.20 Å². The van der Waals surface area contributed by atoms with Gasteiger partial charge in [0, 0.05) is 12.6 Å². The van der Waals surface area contributed by atoms with Crippen LogP contribution in [0.3, 0.4) is 0 Å². The minimum absolute atomic E-state index is 0.0938. The van der Waals surface area contributed by atoms with Gasteiger partial charge in [-0.1, -0.05) is 11.6 Å². The van der Waals surface area contributed by atoms with E-state index in [-0.39, 0.29) is 11.5 Å². The Morgan fingerprint density at radius 3 is 3.06 bits per heavy atom. The van der Waals surface area contributed by atoms with Gasteiger partial charge in [0.2, 0.25) is 0 Å². The predicted molar refractivity (Wildman–Crippen MR) is 61.7 cm³/mol. The number of hydrogen-bond donors (Lipinski definition) is 0. The highest BCUT2D eigenvalue weighted by molar-refractivity contribution is 9.10. The van der Waals surface area contributed by atoms with Crippen LogP contribution in [0.25, 0.3) is 0 Å². The summed E-state index contributed by atoms with van der Waals surface area (Å²) in [5.74, 6) is -0.458. The van der Waals surface area contributed by atoms with Crippen molar-refractivity contribution in [3.05, 3.63) is 51.5 Å². The molecule has 0 saturated heterocycles. The lowest BCUT2D eigenvalue weighted by Crippen LogP contribution is -1.97. The van der Waals surface area contributed by atoms with E-state index in [0.29, 0.717) is 22.2 Å². The predicted octanol–water partition coefficient (Wildman–Crippen LogP) is 3.02. The highest BCUT2D eigenvalue weighted by Crippen LogP contribution is 2.20. The Hall–Kier alpha value is -1.07. The fraction of sp³-hybridized carbons (Fsp3) is 0.100. The van der Waals surface area contributed by atoms with Gasteiger partial charge in [-0.15, -0.1) is 0 Å². The SMILES string of the molecule is [2H]c1ncc(Br)c(Cc2cc(F)cnc2Cl)n1. The lowest BCUT2D eigenvalue weighted by atomic mass is 10.1. The van der Waals surface area contributed by atoms with Gasteiger partial charge in [-0.25, -0.2) is 19.3 Å². The minimum atomic E-state index is -0.458. The molecule has 0 N–H and O–H groups in total. The van der Waals surface area contributed by atoms with E-state index >= 15 is 0 Å². The molecule has 16 heavy (non-hydrogen) atoms. The largest absolute Gasteiger partial charge is 0.244 e. The fourth-order valence-corrected chi connectivity index (χ4v) is 1.70. The van der Waals surface area contributed by atoms with Crippen molar-refractivity contribution in [1.29, 1.82) is 0 Å². The number of hydrogen-bond acceptors (Lipinski definition) is 3. The first-order valence-corrected chi connectivity index (χ1v) is 5.51. The summed E-state index contributed by atoms with van der Waals surface area (Å²) in [5.41, 5.74) is 1.09. The highest BCUT2D eigenvalue weighted by atomic mass is 79.9. The summed E-state index contributed by atoms with van der Waals surface area (Å²) in [6.45, 7) is 0. The second-order valence-corrected chi connectivity index (χ2v) is 4.26. The van der Waals surface area contributed by atoms with Crippen LogP contribution in [0.2, 0.25) is 5.15 Å². The van der Waals surface area contributed by atoms with Gasteiger partial charge in [0.05, 0.1) is 16.4 Å². The first kappa shape index (κ1) is 10.1. The van der Waals surface area contributed by atoms with Crippen molar-refractivity contribution >= 4 is 27.5 Å². The maximum absolute atomic E-state index is 13.0. The lowest BCUT2D eigenvalue weighted by Gasteiger charge is -2.04. The molecule has 0 aliphatic carbocycles. The molecule has 3 nitrogen and oxygen atoms in total. The van der Waals surface area contributed by atoms with Crippen molar-refractivity contribution in [2.24, 2.45) is 0 Å². The second kappa shape index (κ2) is 4.84.